The minimum Gasteiger partial charge on any atom is -0.299 e. The quantitative estimate of drug-likeness (QED) is 0.546. The van der Waals surface area contributed by atoms with Crippen LogP contribution in [-0.4, -0.2) is 5.78 Å². The van der Waals surface area contributed by atoms with Crippen LogP contribution in [0.3, 0.4) is 0 Å². The van der Waals surface area contributed by atoms with Gasteiger partial charge in [-0.05, 0) is 18.8 Å². The van der Waals surface area contributed by atoms with Crippen LogP contribution in [0.5, 0.6) is 0 Å². The third kappa shape index (κ3) is 1.59. The van der Waals surface area contributed by atoms with Crippen LogP contribution in [-0.2, 0) is 4.79 Å². The Morgan fingerprint density at radius 2 is 2.10 bits per heavy atom. The molecule has 10 heavy (non-hydrogen) atoms. The third-order valence-corrected chi connectivity index (χ3v) is 2.41. The summed E-state index contributed by atoms with van der Waals surface area (Å²) in [4.78, 5) is 11.2. The van der Waals surface area contributed by atoms with E-state index in [1.54, 1.807) is 0 Å². The van der Waals surface area contributed by atoms with Gasteiger partial charge in [-0.1, -0.05) is 20.3 Å². The van der Waals surface area contributed by atoms with Crippen LogP contribution in [0.2, 0.25) is 0 Å². The molecule has 0 aromatic rings. The highest BCUT2D eigenvalue weighted by Gasteiger charge is 2.24. The second-order valence-corrected chi connectivity index (χ2v) is 3.56. The van der Waals surface area contributed by atoms with Crippen molar-refractivity contribution in [1.82, 2.24) is 0 Å². The van der Waals surface area contributed by atoms with Crippen LogP contribution in [0.1, 0.15) is 39.5 Å². The number of carbonyl (C=O) groups is 1. The molecular formula is C9H16O. The monoisotopic (exact) mass is 140 g/mol. The summed E-state index contributed by atoms with van der Waals surface area (Å²) in [5.41, 5.74) is 0. The Bertz CT molecular complexity index is 127. The summed E-state index contributed by atoms with van der Waals surface area (Å²) in [5, 5.41) is 0. The lowest BCUT2D eigenvalue weighted by Gasteiger charge is -2.23. The van der Waals surface area contributed by atoms with E-state index in [0.29, 0.717) is 17.6 Å². The summed E-state index contributed by atoms with van der Waals surface area (Å²) in [7, 11) is 0. The molecule has 1 aliphatic carbocycles. The van der Waals surface area contributed by atoms with Gasteiger partial charge < -0.3 is 0 Å². The summed E-state index contributed by atoms with van der Waals surface area (Å²) in [6.45, 7) is 4.29. The van der Waals surface area contributed by atoms with Gasteiger partial charge in [-0.3, -0.25) is 4.79 Å². The molecule has 0 aromatic heterocycles. The standard InChI is InChI=1S/C9H16O/c1-7(2)8-5-3-4-6-9(8)10/h7-8H,3-6H2,1-2H3. The number of carbonyl (C=O) groups excluding carboxylic acids is 1. The molecule has 0 aliphatic heterocycles. The zero-order valence-electron chi connectivity index (χ0n) is 6.89. The van der Waals surface area contributed by atoms with Gasteiger partial charge in [-0.2, -0.15) is 0 Å². The van der Waals surface area contributed by atoms with Crippen molar-refractivity contribution >= 4 is 5.78 Å². The molecule has 0 bridgehead atoms. The maximum absolute atomic E-state index is 11.2. The second-order valence-electron chi connectivity index (χ2n) is 3.56. The van der Waals surface area contributed by atoms with Gasteiger partial charge in [-0.25, -0.2) is 0 Å². The van der Waals surface area contributed by atoms with Crippen molar-refractivity contribution in [2.45, 2.75) is 39.5 Å². The van der Waals surface area contributed by atoms with E-state index in [1.807, 2.05) is 0 Å². The molecule has 0 saturated heterocycles. The lowest BCUT2D eigenvalue weighted by molar-refractivity contribution is -0.125. The van der Waals surface area contributed by atoms with Gasteiger partial charge >= 0.3 is 0 Å². The van der Waals surface area contributed by atoms with Crippen molar-refractivity contribution in [3.05, 3.63) is 0 Å². The molecule has 0 spiro atoms. The molecule has 1 saturated carbocycles. The van der Waals surface area contributed by atoms with Crippen LogP contribution < -0.4 is 0 Å². The van der Waals surface area contributed by atoms with Gasteiger partial charge in [0.2, 0.25) is 0 Å². The zero-order chi connectivity index (χ0) is 7.56. The number of rotatable bonds is 1. The summed E-state index contributed by atoms with van der Waals surface area (Å²) < 4.78 is 0. The van der Waals surface area contributed by atoms with E-state index in [-0.39, 0.29) is 0 Å². The molecule has 1 rings (SSSR count). The Hall–Kier alpha value is -0.330. The fourth-order valence-electron chi connectivity index (χ4n) is 1.71. The average Bonchev–Trinajstić information content (AvgIpc) is 1.88. The largest absolute Gasteiger partial charge is 0.299 e. The highest BCUT2D eigenvalue weighted by Crippen LogP contribution is 2.26. The fourth-order valence-corrected chi connectivity index (χ4v) is 1.71. The molecule has 58 valence electrons. The fraction of sp³-hybridized carbons (Fsp3) is 0.889. The number of hydrogen-bond donors (Lipinski definition) is 0. The molecule has 1 fully saturated rings. The summed E-state index contributed by atoms with van der Waals surface area (Å²) in [5.74, 6) is 1.45. The van der Waals surface area contributed by atoms with Crippen molar-refractivity contribution < 1.29 is 4.79 Å². The molecule has 1 heteroatoms. The lowest BCUT2D eigenvalue weighted by Crippen LogP contribution is -2.23. The first kappa shape index (κ1) is 7.77. The van der Waals surface area contributed by atoms with Crippen molar-refractivity contribution in [2.75, 3.05) is 0 Å². The van der Waals surface area contributed by atoms with E-state index in [1.165, 1.54) is 6.42 Å². The Balaban J connectivity index is 2.48. The Morgan fingerprint density at radius 3 is 2.50 bits per heavy atom. The van der Waals surface area contributed by atoms with Crippen LogP contribution in [0.25, 0.3) is 0 Å². The van der Waals surface area contributed by atoms with E-state index in [2.05, 4.69) is 13.8 Å². The molecule has 0 radical (unpaired) electrons. The zero-order valence-corrected chi connectivity index (χ0v) is 6.89. The predicted molar refractivity (Wildman–Crippen MR) is 41.8 cm³/mol. The lowest BCUT2D eigenvalue weighted by atomic mass is 9.81. The number of hydrogen-bond acceptors (Lipinski definition) is 1. The molecule has 1 unspecified atom stereocenters. The summed E-state index contributed by atoms with van der Waals surface area (Å²) in [6.07, 6.45) is 4.36. The van der Waals surface area contributed by atoms with Crippen molar-refractivity contribution in [3.63, 3.8) is 0 Å². The maximum Gasteiger partial charge on any atom is 0.136 e. The highest BCUT2D eigenvalue weighted by atomic mass is 16.1. The highest BCUT2D eigenvalue weighted by molar-refractivity contribution is 5.81. The van der Waals surface area contributed by atoms with Gasteiger partial charge in [0.15, 0.2) is 0 Å². The summed E-state index contributed by atoms with van der Waals surface area (Å²) >= 11 is 0. The minimum atomic E-state index is 0.383. The first-order valence-electron chi connectivity index (χ1n) is 4.24. The van der Waals surface area contributed by atoms with Gasteiger partial charge in [0.25, 0.3) is 0 Å². The third-order valence-electron chi connectivity index (χ3n) is 2.41. The Kier molecular flexibility index (Phi) is 2.47. The molecule has 0 amide bonds. The number of Topliss-reactive ketones (excluding diaryl/α,β-unsaturated/α-hetero) is 1. The average molecular weight is 140 g/mol. The van der Waals surface area contributed by atoms with Crippen LogP contribution in [0.15, 0.2) is 0 Å². The Morgan fingerprint density at radius 1 is 1.40 bits per heavy atom. The first-order valence-corrected chi connectivity index (χ1v) is 4.24. The van der Waals surface area contributed by atoms with E-state index < -0.39 is 0 Å². The smallest absolute Gasteiger partial charge is 0.136 e. The van der Waals surface area contributed by atoms with Crippen LogP contribution in [0.4, 0.5) is 0 Å². The van der Waals surface area contributed by atoms with Crippen molar-refractivity contribution in [1.29, 1.82) is 0 Å². The molecule has 1 nitrogen and oxygen atoms in total. The molecule has 0 N–H and O–H groups in total. The SMILES string of the molecule is CC(C)C1CCCCC1=O. The van der Waals surface area contributed by atoms with Crippen molar-refractivity contribution in [3.8, 4) is 0 Å². The van der Waals surface area contributed by atoms with Gasteiger partial charge in [0, 0.05) is 12.3 Å². The second kappa shape index (κ2) is 3.18. The van der Waals surface area contributed by atoms with Crippen LogP contribution in [0, 0.1) is 11.8 Å². The number of ketones is 1. The maximum atomic E-state index is 11.2. The van der Waals surface area contributed by atoms with E-state index in [0.717, 1.165) is 19.3 Å². The van der Waals surface area contributed by atoms with Gasteiger partial charge in [0.1, 0.15) is 5.78 Å². The van der Waals surface area contributed by atoms with E-state index >= 15 is 0 Å². The molecule has 1 atom stereocenters. The summed E-state index contributed by atoms with van der Waals surface area (Å²) in [6, 6.07) is 0. The molecule has 1 aliphatic rings. The molecular weight excluding hydrogens is 124 g/mol. The van der Waals surface area contributed by atoms with Crippen molar-refractivity contribution in [2.24, 2.45) is 11.8 Å². The van der Waals surface area contributed by atoms with E-state index in [4.69, 9.17) is 0 Å². The molecule has 0 heterocycles. The first-order chi connectivity index (χ1) is 4.72. The predicted octanol–water partition coefficient (Wildman–Crippen LogP) is 2.40. The van der Waals surface area contributed by atoms with E-state index in [9.17, 15) is 4.79 Å². The molecule has 0 aromatic carbocycles. The minimum absolute atomic E-state index is 0.383. The Labute approximate surface area is 62.8 Å². The topological polar surface area (TPSA) is 17.1 Å². The van der Waals surface area contributed by atoms with Crippen LogP contribution >= 0.6 is 0 Å². The normalized spacial score (nSPS) is 27.5. The van der Waals surface area contributed by atoms with Gasteiger partial charge in [-0.15, -0.1) is 0 Å². The van der Waals surface area contributed by atoms with Gasteiger partial charge in [0.05, 0.1) is 0 Å².